The number of amides is 1. The number of anilines is 1. The molecule has 2 aliphatic rings. The van der Waals surface area contributed by atoms with Crippen molar-refractivity contribution >= 4 is 44.1 Å². The van der Waals surface area contributed by atoms with Crippen LogP contribution in [0.4, 0.5) is 14.6 Å². The van der Waals surface area contributed by atoms with Crippen LogP contribution >= 0.6 is 11.3 Å². The maximum Gasteiger partial charge on any atom is 0.319 e. The molecule has 5 heterocycles. The molecule has 0 bridgehead atoms. The number of nitriles is 1. The van der Waals surface area contributed by atoms with Crippen molar-refractivity contribution in [1.29, 1.82) is 5.26 Å². The molecule has 42 heavy (non-hydrogen) atoms. The lowest BCUT2D eigenvalue weighted by Gasteiger charge is -2.41. The first-order valence-corrected chi connectivity index (χ1v) is 14.7. The van der Waals surface area contributed by atoms with Crippen molar-refractivity contribution < 1.29 is 18.3 Å². The summed E-state index contributed by atoms with van der Waals surface area (Å²) in [5.41, 5.74) is 0.571. The minimum absolute atomic E-state index is 0.0373. The smallest absolute Gasteiger partial charge is 0.319 e. The number of pyridine rings is 1. The highest BCUT2D eigenvalue weighted by Gasteiger charge is 2.32. The van der Waals surface area contributed by atoms with Crippen molar-refractivity contribution in [2.75, 3.05) is 44.7 Å². The van der Waals surface area contributed by atoms with Gasteiger partial charge in [-0.25, -0.2) is 8.78 Å². The molecule has 0 N–H and O–H groups in total. The number of carbonyl (C=O) groups excluding carboxylic acids is 1. The third-order valence-corrected chi connectivity index (χ3v) is 9.05. The molecule has 0 unspecified atom stereocenters. The molecule has 9 nitrogen and oxygen atoms in total. The highest BCUT2D eigenvalue weighted by molar-refractivity contribution is 7.17. The zero-order valence-electron chi connectivity index (χ0n) is 23.1. The van der Waals surface area contributed by atoms with Gasteiger partial charge >= 0.3 is 6.01 Å². The van der Waals surface area contributed by atoms with Crippen molar-refractivity contribution in [2.24, 2.45) is 0 Å². The van der Waals surface area contributed by atoms with E-state index in [9.17, 15) is 14.4 Å². The summed E-state index contributed by atoms with van der Waals surface area (Å²) in [6.07, 6.45) is 4.94. The molecule has 0 spiro atoms. The second kappa shape index (κ2) is 11.6. The number of aromatic nitrogens is 3. The van der Waals surface area contributed by atoms with E-state index in [1.54, 1.807) is 16.3 Å². The average molecular weight is 590 g/mol. The SMILES string of the molecule is C=CC(=O)N1CCN(c2nc(OC[C@@H]3CCCN3C)nc3c(F)c(-c4ccc(F)c5ccsc45)ncc23)C[C@@H]1CC#N. The topological polar surface area (TPSA) is 98.5 Å². The van der Waals surface area contributed by atoms with E-state index in [0.717, 1.165) is 19.4 Å². The lowest BCUT2D eigenvalue weighted by Crippen LogP contribution is -2.55. The van der Waals surface area contributed by atoms with Crippen LogP contribution in [0.1, 0.15) is 19.3 Å². The van der Waals surface area contributed by atoms with Gasteiger partial charge in [-0.3, -0.25) is 9.78 Å². The van der Waals surface area contributed by atoms with Gasteiger partial charge < -0.3 is 19.4 Å². The van der Waals surface area contributed by atoms with Crippen LogP contribution in [0.15, 0.2) is 42.4 Å². The molecule has 1 aromatic carbocycles. The Hall–Kier alpha value is -4.21. The number of ether oxygens (including phenoxy) is 1. The maximum absolute atomic E-state index is 16.4. The molecule has 2 aliphatic heterocycles. The monoisotopic (exact) mass is 589 g/mol. The molecule has 12 heteroatoms. The largest absolute Gasteiger partial charge is 0.462 e. The van der Waals surface area contributed by atoms with Gasteiger partial charge in [0.15, 0.2) is 5.82 Å². The fourth-order valence-corrected chi connectivity index (χ4v) is 6.75. The Bertz CT molecular complexity index is 1720. The van der Waals surface area contributed by atoms with Crippen LogP contribution in [-0.4, -0.2) is 82.6 Å². The number of rotatable bonds is 7. The molecule has 2 atom stereocenters. The molecule has 2 saturated heterocycles. The standard InChI is InChI=1S/C30H29F2N7O2S/c1-3-24(40)39-13-12-38(16-18(39)8-10-33)29-22-15-34-26(21-6-7-23(31)20-9-14-42-28(20)21)25(32)27(22)35-30(36-29)41-17-19-5-4-11-37(19)2/h3,6-7,9,14-15,18-19H,1,4-5,8,11-13,16-17H2,2H3/t18-,19-/m0/s1. The first-order valence-electron chi connectivity index (χ1n) is 13.8. The molecular weight excluding hydrogens is 560 g/mol. The molecule has 0 saturated carbocycles. The Morgan fingerprint density at radius 1 is 1.21 bits per heavy atom. The lowest BCUT2D eigenvalue weighted by atomic mass is 10.1. The van der Waals surface area contributed by atoms with Crippen molar-refractivity contribution in [1.82, 2.24) is 24.8 Å². The summed E-state index contributed by atoms with van der Waals surface area (Å²) in [4.78, 5) is 31.9. The van der Waals surface area contributed by atoms with E-state index in [2.05, 4.69) is 27.5 Å². The Labute approximate surface area is 245 Å². The van der Waals surface area contributed by atoms with Gasteiger partial charge in [0.05, 0.1) is 23.9 Å². The van der Waals surface area contributed by atoms with E-state index in [1.165, 1.54) is 35.7 Å². The van der Waals surface area contributed by atoms with E-state index in [4.69, 9.17) is 9.72 Å². The summed E-state index contributed by atoms with van der Waals surface area (Å²) in [5, 5.41) is 12.0. The van der Waals surface area contributed by atoms with Gasteiger partial charge in [0, 0.05) is 47.5 Å². The minimum atomic E-state index is -0.658. The highest BCUT2D eigenvalue weighted by Crippen LogP contribution is 2.38. The van der Waals surface area contributed by atoms with Crippen molar-refractivity contribution in [3.63, 3.8) is 0 Å². The normalized spacial score (nSPS) is 19.4. The molecule has 3 aromatic heterocycles. The van der Waals surface area contributed by atoms with Gasteiger partial charge in [0.2, 0.25) is 5.91 Å². The highest BCUT2D eigenvalue weighted by atomic mass is 32.1. The predicted octanol–water partition coefficient (Wildman–Crippen LogP) is 4.77. The fourth-order valence-electron chi connectivity index (χ4n) is 5.83. The van der Waals surface area contributed by atoms with Gasteiger partial charge in [-0.05, 0) is 56.1 Å². The zero-order valence-corrected chi connectivity index (χ0v) is 23.9. The van der Waals surface area contributed by atoms with Crippen LogP contribution in [-0.2, 0) is 4.79 Å². The van der Waals surface area contributed by atoms with Gasteiger partial charge in [0.1, 0.15) is 29.5 Å². The lowest BCUT2D eigenvalue weighted by molar-refractivity contribution is -0.128. The van der Waals surface area contributed by atoms with Crippen LogP contribution in [0.2, 0.25) is 0 Å². The Balaban J connectivity index is 1.44. The summed E-state index contributed by atoms with van der Waals surface area (Å²) in [5.74, 6) is -0.867. The molecule has 6 rings (SSSR count). The molecule has 216 valence electrons. The molecule has 0 aliphatic carbocycles. The number of likely N-dealkylation sites (tertiary alicyclic amines) is 1. The van der Waals surface area contributed by atoms with Crippen LogP contribution in [0.25, 0.3) is 32.2 Å². The number of piperazine rings is 1. The van der Waals surface area contributed by atoms with Crippen molar-refractivity contribution in [3.8, 4) is 23.3 Å². The van der Waals surface area contributed by atoms with E-state index in [1.807, 2.05) is 11.9 Å². The summed E-state index contributed by atoms with van der Waals surface area (Å²) < 4.78 is 37.5. The first kappa shape index (κ1) is 27.9. The third-order valence-electron chi connectivity index (χ3n) is 8.11. The van der Waals surface area contributed by atoms with E-state index < -0.39 is 11.9 Å². The first-order chi connectivity index (χ1) is 20.4. The average Bonchev–Trinajstić information content (AvgIpc) is 3.66. The van der Waals surface area contributed by atoms with Gasteiger partial charge in [-0.2, -0.15) is 15.2 Å². The Kier molecular flexibility index (Phi) is 7.70. The van der Waals surface area contributed by atoms with Gasteiger partial charge in [0.25, 0.3) is 0 Å². The Morgan fingerprint density at radius 3 is 2.83 bits per heavy atom. The molecule has 0 radical (unpaired) electrons. The van der Waals surface area contributed by atoms with Crippen molar-refractivity contribution in [2.45, 2.75) is 31.3 Å². The number of halogens is 2. The predicted molar refractivity (Wildman–Crippen MR) is 157 cm³/mol. The Morgan fingerprint density at radius 2 is 2.07 bits per heavy atom. The summed E-state index contributed by atoms with van der Waals surface area (Å²) in [6.45, 7) is 5.96. The summed E-state index contributed by atoms with van der Waals surface area (Å²) in [6, 6.07) is 6.50. The molecule has 2 fully saturated rings. The number of thiophene rings is 1. The van der Waals surface area contributed by atoms with Crippen LogP contribution in [0.3, 0.4) is 0 Å². The van der Waals surface area contributed by atoms with Crippen LogP contribution in [0.5, 0.6) is 6.01 Å². The molecular formula is C30H29F2N7O2S. The molecule has 1 amide bonds. The van der Waals surface area contributed by atoms with Gasteiger partial charge in [-0.1, -0.05) is 6.58 Å². The van der Waals surface area contributed by atoms with Gasteiger partial charge in [-0.15, -0.1) is 11.3 Å². The number of carbonyl (C=O) groups is 1. The van der Waals surface area contributed by atoms with E-state index in [-0.39, 0.29) is 41.4 Å². The zero-order chi connectivity index (χ0) is 29.4. The van der Waals surface area contributed by atoms with Crippen LogP contribution < -0.4 is 9.64 Å². The number of benzene rings is 1. The van der Waals surface area contributed by atoms with E-state index >= 15 is 4.39 Å². The van der Waals surface area contributed by atoms with Crippen LogP contribution in [0, 0.1) is 23.0 Å². The molecule has 4 aromatic rings. The summed E-state index contributed by atoms with van der Waals surface area (Å²) in [7, 11) is 2.04. The number of nitrogens with zero attached hydrogens (tertiary/aromatic N) is 7. The number of hydrogen-bond donors (Lipinski definition) is 0. The van der Waals surface area contributed by atoms with E-state index in [0.29, 0.717) is 53.1 Å². The second-order valence-electron chi connectivity index (χ2n) is 10.6. The quantitative estimate of drug-likeness (QED) is 0.284. The number of likely N-dealkylation sites (N-methyl/N-ethyl adjacent to an activating group) is 1. The second-order valence-corrected chi connectivity index (χ2v) is 11.5. The maximum atomic E-state index is 16.4. The minimum Gasteiger partial charge on any atom is -0.462 e. The number of fused-ring (bicyclic) bond motifs is 2. The third kappa shape index (κ3) is 5.03. The fraction of sp³-hybridized carbons (Fsp3) is 0.367. The number of hydrogen-bond acceptors (Lipinski definition) is 9. The van der Waals surface area contributed by atoms with Crippen molar-refractivity contribution in [3.05, 3.63) is 54.1 Å². The summed E-state index contributed by atoms with van der Waals surface area (Å²) >= 11 is 1.32.